The minimum atomic E-state index is 0.00384. The third-order valence-corrected chi connectivity index (χ3v) is 4.00. The minimum absolute atomic E-state index is 0.00384. The predicted molar refractivity (Wildman–Crippen MR) is 73.2 cm³/mol. The zero-order valence-corrected chi connectivity index (χ0v) is 12.5. The third kappa shape index (κ3) is 2.67. The molecule has 0 bridgehead atoms. The number of hydrogen-bond acceptors (Lipinski definition) is 2. The number of rotatable bonds is 1. The maximum Gasteiger partial charge on any atom is 0.0729 e. The molecule has 0 N–H and O–H groups in total. The Morgan fingerprint density at radius 2 is 1.41 bits per heavy atom. The summed E-state index contributed by atoms with van der Waals surface area (Å²) in [5.41, 5.74) is 2.69. The first kappa shape index (κ1) is 14.1. The van der Waals surface area contributed by atoms with Crippen molar-refractivity contribution < 1.29 is 0 Å². The fourth-order valence-corrected chi connectivity index (χ4v) is 1.75. The topological polar surface area (TPSA) is 25.8 Å². The number of aromatic nitrogens is 2. The van der Waals surface area contributed by atoms with Gasteiger partial charge in [-0.3, -0.25) is 0 Å². The summed E-state index contributed by atoms with van der Waals surface area (Å²) in [6, 6.07) is 2.11. The van der Waals surface area contributed by atoms with Crippen LogP contribution in [0.4, 0.5) is 0 Å². The minimum Gasteiger partial charge on any atom is -0.159 e. The van der Waals surface area contributed by atoms with Gasteiger partial charge in [-0.25, -0.2) is 0 Å². The van der Waals surface area contributed by atoms with E-state index in [1.807, 2.05) is 0 Å². The van der Waals surface area contributed by atoms with Gasteiger partial charge in [-0.15, -0.1) is 0 Å². The average molecular weight is 234 g/mol. The zero-order valence-electron chi connectivity index (χ0n) is 12.5. The highest BCUT2D eigenvalue weighted by Crippen LogP contribution is 2.43. The quantitative estimate of drug-likeness (QED) is 0.731. The molecule has 2 nitrogen and oxygen atoms in total. The summed E-state index contributed by atoms with van der Waals surface area (Å²) >= 11 is 0. The summed E-state index contributed by atoms with van der Waals surface area (Å²) in [6.45, 7) is 18.0. The number of hydrogen-bond donors (Lipinski definition) is 0. The van der Waals surface area contributed by atoms with Crippen molar-refractivity contribution in [2.75, 3.05) is 0 Å². The summed E-state index contributed by atoms with van der Waals surface area (Å²) < 4.78 is 0. The fourth-order valence-electron chi connectivity index (χ4n) is 1.75. The average Bonchev–Trinajstić information content (AvgIpc) is 2.14. The van der Waals surface area contributed by atoms with Crippen LogP contribution < -0.4 is 0 Å². The van der Waals surface area contributed by atoms with Crippen LogP contribution in [-0.4, -0.2) is 10.2 Å². The highest BCUT2D eigenvalue weighted by molar-refractivity contribution is 5.32. The van der Waals surface area contributed by atoms with Crippen molar-refractivity contribution in [3.63, 3.8) is 0 Å². The molecule has 0 aliphatic carbocycles. The second-order valence-electron chi connectivity index (χ2n) is 7.42. The van der Waals surface area contributed by atoms with Gasteiger partial charge in [-0.1, -0.05) is 55.4 Å². The van der Waals surface area contributed by atoms with Gasteiger partial charge in [0.25, 0.3) is 0 Å². The molecule has 0 saturated heterocycles. The molecule has 0 aromatic carbocycles. The smallest absolute Gasteiger partial charge is 0.0729 e. The molecule has 0 atom stereocenters. The van der Waals surface area contributed by atoms with E-state index in [4.69, 9.17) is 0 Å². The van der Waals surface area contributed by atoms with Crippen LogP contribution in [0.3, 0.4) is 0 Å². The van der Waals surface area contributed by atoms with E-state index < -0.39 is 0 Å². The van der Waals surface area contributed by atoms with E-state index >= 15 is 0 Å². The summed E-state index contributed by atoms with van der Waals surface area (Å²) in [5, 5.41) is 8.52. The van der Waals surface area contributed by atoms with Gasteiger partial charge < -0.3 is 0 Å². The molecule has 17 heavy (non-hydrogen) atoms. The van der Waals surface area contributed by atoms with Crippen molar-refractivity contribution in [3.8, 4) is 0 Å². The fraction of sp³-hybridized carbons (Fsp3) is 0.733. The van der Waals surface area contributed by atoms with Gasteiger partial charge in [0.1, 0.15) is 0 Å². The Balaban J connectivity index is 3.43. The summed E-state index contributed by atoms with van der Waals surface area (Å²) in [7, 11) is 0. The van der Waals surface area contributed by atoms with Crippen LogP contribution in [-0.2, 0) is 10.8 Å². The first-order valence-corrected chi connectivity index (χ1v) is 6.30. The molecule has 0 saturated carbocycles. The Morgan fingerprint density at radius 3 is 1.82 bits per heavy atom. The molecular weight excluding hydrogens is 208 g/mol. The largest absolute Gasteiger partial charge is 0.159 e. The van der Waals surface area contributed by atoms with Crippen LogP contribution in [0.1, 0.15) is 66.6 Å². The van der Waals surface area contributed by atoms with Gasteiger partial charge in [-0.2, -0.15) is 10.2 Å². The highest BCUT2D eigenvalue weighted by Gasteiger charge is 2.39. The highest BCUT2D eigenvalue weighted by atomic mass is 15.1. The summed E-state index contributed by atoms with van der Waals surface area (Å²) in [4.78, 5) is 0. The van der Waals surface area contributed by atoms with Crippen molar-refractivity contribution in [3.05, 3.63) is 23.5 Å². The van der Waals surface area contributed by atoms with Crippen LogP contribution in [0.25, 0.3) is 0 Å². The normalized spacial score (nSPS) is 13.9. The SMILES string of the molecule is CC(C)(C)c1ccnnc1C(C)(C)C(C)(C)C. The first-order valence-electron chi connectivity index (χ1n) is 6.30. The van der Waals surface area contributed by atoms with Gasteiger partial charge >= 0.3 is 0 Å². The van der Waals surface area contributed by atoms with E-state index in [1.165, 1.54) is 5.56 Å². The summed E-state index contributed by atoms with van der Waals surface area (Å²) in [5.74, 6) is 0. The van der Waals surface area contributed by atoms with Gasteiger partial charge in [0, 0.05) is 11.6 Å². The summed E-state index contributed by atoms with van der Waals surface area (Å²) in [6.07, 6.45) is 1.79. The Bertz CT molecular complexity index is 392. The monoisotopic (exact) mass is 234 g/mol. The molecule has 0 radical (unpaired) electrons. The van der Waals surface area contributed by atoms with E-state index in [-0.39, 0.29) is 16.2 Å². The molecule has 0 fully saturated rings. The van der Waals surface area contributed by atoms with Gasteiger partial charge in [-0.05, 0) is 22.5 Å². The molecule has 0 aliphatic rings. The molecule has 0 unspecified atom stereocenters. The van der Waals surface area contributed by atoms with Crippen molar-refractivity contribution >= 4 is 0 Å². The Kier molecular flexibility index (Phi) is 3.39. The van der Waals surface area contributed by atoms with Gasteiger partial charge in [0.05, 0.1) is 5.69 Å². The van der Waals surface area contributed by atoms with E-state index in [0.717, 1.165) is 5.69 Å². The van der Waals surface area contributed by atoms with Crippen LogP contribution in [0.15, 0.2) is 12.3 Å². The molecule has 2 heteroatoms. The molecule has 0 amide bonds. The van der Waals surface area contributed by atoms with Crippen molar-refractivity contribution in [1.29, 1.82) is 0 Å². The molecule has 1 aromatic heterocycles. The van der Waals surface area contributed by atoms with Crippen molar-refractivity contribution in [2.45, 2.75) is 66.2 Å². The lowest BCUT2D eigenvalue weighted by Crippen LogP contribution is -2.37. The molecule has 1 rings (SSSR count). The maximum atomic E-state index is 4.43. The molecule has 0 aliphatic heterocycles. The molecule has 1 aromatic rings. The third-order valence-electron chi connectivity index (χ3n) is 4.00. The lowest BCUT2D eigenvalue weighted by molar-refractivity contribution is 0.214. The standard InChI is InChI=1S/C15H26N2/c1-13(2,3)11-9-10-16-17-12(11)15(7,8)14(4,5)6/h9-10H,1-8H3. The lowest BCUT2D eigenvalue weighted by Gasteiger charge is -2.40. The molecular formula is C15H26N2. The number of nitrogens with zero attached hydrogens (tertiary/aromatic N) is 2. The van der Waals surface area contributed by atoms with Crippen LogP contribution in [0, 0.1) is 5.41 Å². The lowest BCUT2D eigenvalue weighted by atomic mass is 9.64. The van der Waals surface area contributed by atoms with Crippen molar-refractivity contribution in [2.24, 2.45) is 5.41 Å². The van der Waals surface area contributed by atoms with Crippen LogP contribution in [0.2, 0.25) is 0 Å². The molecule has 96 valence electrons. The zero-order chi connectivity index (χ0) is 13.5. The van der Waals surface area contributed by atoms with Gasteiger partial charge in [0.2, 0.25) is 0 Å². The Hall–Kier alpha value is -0.920. The van der Waals surface area contributed by atoms with Crippen molar-refractivity contribution in [1.82, 2.24) is 10.2 Å². The Morgan fingerprint density at radius 1 is 0.882 bits per heavy atom. The molecule has 1 heterocycles. The van der Waals surface area contributed by atoms with E-state index in [9.17, 15) is 0 Å². The van der Waals surface area contributed by atoms with E-state index in [1.54, 1.807) is 6.20 Å². The second-order valence-corrected chi connectivity index (χ2v) is 7.42. The first-order chi connectivity index (χ1) is 7.48. The van der Waals surface area contributed by atoms with Gasteiger partial charge in [0.15, 0.2) is 0 Å². The predicted octanol–water partition coefficient (Wildman–Crippen LogP) is 4.10. The second kappa shape index (κ2) is 4.08. The van der Waals surface area contributed by atoms with Crippen LogP contribution in [0.5, 0.6) is 0 Å². The van der Waals surface area contributed by atoms with Crippen LogP contribution >= 0.6 is 0 Å². The molecule has 0 spiro atoms. The Labute approximate surface area is 106 Å². The van der Waals surface area contributed by atoms with E-state index in [2.05, 4.69) is 71.7 Å². The van der Waals surface area contributed by atoms with E-state index in [0.29, 0.717) is 0 Å². The maximum absolute atomic E-state index is 4.43.